The molecule has 3 atom stereocenters. The van der Waals surface area contributed by atoms with E-state index in [1.54, 1.807) is 0 Å². The molecule has 1 N–H and O–H groups in total. The van der Waals surface area contributed by atoms with E-state index in [1.807, 2.05) is 30.3 Å². The number of ether oxygens (including phenoxy) is 2. The summed E-state index contributed by atoms with van der Waals surface area (Å²) >= 11 is 0. The third-order valence-corrected chi connectivity index (χ3v) is 9.61. The molecule has 4 nitrogen and oxygen atoms in total. The van der Waals surface area contributed by atoms with E-state index in [4.69, 9.17) is 13.9 Å². The number of hydrogen-bond acceptors (Lipinski definition) is 4. The molecule has 136 valence electrons. The molecule has 1 aromatic rings. The molecule has 1 saturated heterocycles. The first-order valence-corrected chi connectivity index (χ1v) is 11.7. The van der Waals surface area contributed by atoms with Gasteiger partial charge in [0.2, 0.25) is 0 Å². The van der Waals surface area contributed by atoms with Crippen LogP contribution in [0.1, 0.15) is 39.2 Å². The van der Waals surface area contributed by atoms with Gasteiger partial charge in [0, 0.05) is 12.8 Å². The normalized spacial score (nSPS) is 25.7. The first-order valence-electron chi connectivity index (χ1n) is 8.80. The first-order chi connectivity index (χ1) is 11.2. The van der Waals surface area contributed by atoms with E-state index in [9.17, 15) is 5.11 Å². The van der Waals surface area contributed by atoms with Crippen molar-refractivity contribution in [1.82, 2.24) is 0 Å². The minimum absolute atomic E-state index is 0.00183. The second-order valence-electron chi connectivity index (χ2n) is 8.17. The maximum Gasteiger partial charge on any atom is 0.192 e. The highest BCUT2D eigenvalue weighted by Crippen LogP contribution is 2.37. The van der Waals surface area contributed by atoms with Gasteiger partial charge in [-0.1, -0.05) is 51.1 Å². The zero-order chi connectivity index (χ0) is 17.8. The molecule has 24 heavy (non-hydrogen) atoms. The fraction of sp³-hybridized carbons (Fsp3) is 0.684. The van der Waals surface area contributed by atoms with Gasteiger partial charge >= 0.3 is 0 Å². The van der Waals surface area contributed by atoms with Crippen molar-refractivity contribution in [3.05, 3.63) is 35.9 Å². The fourth-order valence-corrected chi connectivity index (χ4v) is 3.53. The lowest BCUT2D eigenvalue weighted by atomic mass is 10.1. The smallest absolute Gasteiger partial charge is 0.192 e. The van der Waals surface area contributed by atoms with E-state index < -0.39 is 14.6 Å². The van der Waals surface area contributed by atoms with Crippen LogP contribution in [0, 0.1) is 0 Å². The Morgan fingerprint density at radius 1 is 1.17 bits per heavy atom. The van der Waals surface area contributed by atoms with E-state index in [1.165, 1.54) is 0 Å². The van der Waals surface area contributed by atoms with Gasteiger partial charge in [0.25, 0.3) is 0 Å². The third kappa shape index (κ3) is 5.67. The first kappa shape index (κ1) is 19.6. The molecule has 2 rings (SSSR count). The van der Waals surface area contributed by atoms with Crippen LogP contribution >= 0.6 is 0 Å². The van der Waals surface area contributed by atoms with Gasteiger partial charge in [0.05, 0.1) is 25.4 Å². The zero-order valence-electron chi connectivity index (χ0n) is 15.6. The minimum atomic E-state index is -1.81. The standard InChI is InChI=1S/C19H32O4Si/c1-19(2,3)24(4,5)22-14-17-11-16(12-18(20)23-17)21-13-15-9-7-6-8-10-15/h6-10,16-18,20H,11-14H2,1-5H3/t16-,17-,18-/m0/s1. The second-order valence-corrected chi connectivity index (χ2v) is 13.0. The van der Waals surface area contributed by atoms with Crippen molar-refractivity contribution in [3.63, 3.8) is 0 Å². The molecule has 0 radical (unpaired) electrons. The van der Waals surface area contributed by atoms with E-state index >= 15 is 0 Å². The Morgan fingerprint density at radius 3 is 2.46 bits per heavy atom. The van der Waals surface area contributed by atoms with Crippen molar-refractivity contribution in [1.29, 1.82) is 0 Å². The zero-order valence-corrected chi connectivity index (χ0v) is 16.6. The lowest BCUT2D eigenvalue weighted by molar-refractivity contribution is -0.205. The second kappa shape index (κ2) is 8.10. The number of aliphatic hydroxyl groups excluding tert-OH is 1. The lowest BCUT2D eigenvalue weighted by Gasteiger charge is -2.39. The fourth-order valence-electron chi connectivity index (χ4n) is 2.50. The predicted molar refractivity (Wildman–Crippen MR) is 98.3 cm³/mol. The summed E-state index contributed by atoms with van der Waals surface area (Å²) in [7, 11) is -1.81. The van der Waals surface area contributed by atoms with Gasteiger partial charge in [0.15, 0.2) is 14.6 Å². The molecule has 0 aromatic heterocycles. The van der Waals surface area contributed by atoms with Gasteiger partial charge in [0.1, 0.15) is 0 Å². The van der Waals surface area contributed by atoms with E-state index in [2.05, 4.69) is 33.9 Å². The van der Waals surface area contributed by atoms with Crippen LogP contribution in [0.5, 0.6) is 0 Å². The molecule has 0 spiro atoms. The molecule has 1 aromatic carbocycles. The average molecular weight is 353 g/mol. The summed E-state index contributed by atoms with van der Waals surface area (Å²) < 4.78 is 17.9. The monoisotopic (exact) mass is 352 g/mol. The summed E-state index contributed by atoms with van der Waals surface area (Å²) in [6.07, 6.45) is 0.403. The van der Waals surface area contributed by atoms with Crippen LogP contribution < -0.4 is 0 Å². The Bertz CT molecular complexity index is 498. The molecule has 1 aliphatic heterocycles. The van der Waals surface area contributed by atoms with Crippen LogP contribution in [0.25, 0.3) is 0 Å². The van der Waals surface area contributed by atoms with Gasteiger partial charge in [-0.25, -0.2) is 0 Å². The van der Waals surface area contributed by atoms with Crippen molar-refractivity contribution in [2.75, 3.05) is 6.61 Å². The van der Waals surface area contributed by atoms with Gasteiger partial charge in [-0.3, -0.25) is 0 Å². The number of rotatable bonds is 6. The maximum atomic E-state index is 9.99. The largest absolute Gasteiger partial charge is 0.414 e. The molecule has 1 aliphatic rings. The molecule has 1 heterocycles. The number of aliphatic hydroxyl groups is 1. The predicted octanol–water partition coefficient (Wildman–Crippen LogP) is 4.09. The van der Waals surface area contributed by atoms with Crippen molar-refractivity contribution >= 4 is 8.32 Å². The minimum Gasteiger partial charge on any atom is -0.414 e. The highest BCUT2D eigenvalue weighted by molar-refractivity contribution is 6.74. The summed E-state index contributed by atoms with van der Waals surface area (Å²) in [4.78, 5) is 0. The van der Waals surface area contributed by atoms with Crippen molar-refractivity contribution < 1.29 is 19.0 Å². The highest BCUT2D eigenvalue weighted by Gasteiger charge is 2.38. The van der Waals surface area contributed by atoms with Gasteiger partial charge in [-0.2, -0.15) is 0 Å². The molecule has 0 unspecified atom stereocenters. The average Bonchev–Trinajstić information content (AvgIpc) is 2.51. The van der Waals surface area contributed by atoms with Crippen LogP contribution in [0.3, 0.4) is 0 Å². The Hall–Kier alpha value is -0.723. The number of hydrogen-bond donors (Lipinski definition) is 1. The quantitative estimate of drug-likeness (QED) is 0.783. The topological polar surface area (TPSA) is 47.9 Å². The van der Waals surface area contributed by atoms with E-state index in [0.717, 1.165) is 12.0 Å². The van der Waals surface area contributed by atoms with Crippen LogP contribution in [-0.4, -0.2) is 38.5 Å². The van der Waals surface area contributed by atoms with Crippen molar-refractivity contribution in [3.8, 4) is 0 Å². The molecule has 0 amide bonds. The summed E-state index contributed by atoms with van der Waals surface area (Å²) in [6.45, 7) is 12.2. The summed E-state index contributed by atoms with van der Waals surface area (Å²) in [5, 5.41) is 10.2. The van der Waals surface area contributed by atoms with Crippen molar-refractivity contribution in [2.45, 2.75) is 76.8 Å². The van der Waals surface area contributed by atoms with Gasteiger partial charge in [-0.05, 0) is 23.7 Å². The van der Waals surface area contributed by atoms with Gasteiger partial charge < -0.3 is 19.0 Å². The van der Waals surface area contributed by atoms with Crippen LogP contribution in [0.2, 0.25) is 18.1 Å². The Kier molecular flexibility index (Phi) is 6.62. The van der Waals surface area contributed by atoms with E-state index in [-0.39, 0.29) is 17.2 Å². The van der Waals surface area contributed by atoms with E-state index in [0.29, 0.717) is 19.6 Å². The van der Waals surface area contributed by atoms with Crippen LogP contribution in [-0.2, 0) is 20.5 Å². The molecular formula is C19H32O4Si. The molecule has 0 bridgehead atoms. The maximum absolute atomic E-state index is 9.99. The molecule has 0 aliphatic carbocycles. The molecule has 5 heteroatoms. The number of benzene rings is 1. The molecule has 1 fully saturated rings. The Morgan fingerprint density at radius 2 is 1.83 bits per heavy atom. The third-order valence-electron chi connectivity index (χ3n) is 5.10. The van der Waals surface area contributed by atoms with Crippen LogP contribution in [0.15, 0.2) is 30.3 Å². The molecule has 0 saturated carbocycles. The Balaban J connectivity index is 1.84. The Labute approximate surface area is 147 Å². The highest BCUT2D eigenvalue weighted by atomic mass is 28.4. The summed E-state index contributed by atoms with van der Waals surface area (Å²) in [6, 6.07) is 10.1. The summed E-state index contributed by atoms with van der Waals surface area (Å²) in [5.74, 6) is 0. The van der Waals surface area contributed by atoms with Crippen molar-refractivity contribution in [2.24, 2.45) is 0 Å². The van der Waals surface area contributed by atoms with Gasteiger partial charge in [-0.15, -0.1) is 0 Å². The lowest BCUT2D eigenvalue weighted by Crippen LogP contribution is -2.45. The van der Waals surface area contributed by atoms with Crippen LogP contribution in [0.4, 0.5) is 0 Å². The molecular weight excluding hydrogens is 320 g/mol. The SMILES string of the molecule is CC(C)(C)[Si](C)(C)OC[C@@H]1C[C@H](OCc2ccccc2)C[C@@H](O)O1. The summed E-state index contributed by atoms with van der Waals surface area (Å²) in [5.41, 5.74) is 1.15.